The minimum atomic E-state index is -0.676. The molecule has 4 aromatic rings. The van der Waals surface area contributed by atoms with Crippen LogP contribution in [0.1, 0.15) is 31.5 Å². The molecule has 2 aromatic carbocycles. The lowest BCUT2D eigenvalue weighted by Gasteiger charge is -2.51. The van der Waals surface area contributed by atoms with Crippen molar-refractivity contribution in [3.8, 4) is 28.5 Å². The Labute approximate surface area is 211 Å². The topological polar surface area (TPSA) is 104 Å². The molecule has 1 aliphatic carbocycles. The van der Waals surface area contributed by atoms with Crippen LogP contribution < -0.4 is 15.2 Å². The van der Waals surface area contributed by atoms with E-state index in [2.05, 4.69) is 4.98 Å². The zero-order valence-electron chi connectivity index (χ0n) is 20.2. The Kier molecular flexibility index (Phi) is 5.54. The van der Waals surface area contributed by atoms with Gasteiger partial charge >= 0.3 is 0 Å². The number of ether oxygens (including phenoxy) is 3. The van der Waals surface area contributed by atoms with E-state index < -0.39 is 17.2 Å². The van der Waals surface area contributed by atoms with Gasteiger partial charge in [-0.3, -0.25) is 4.40 Å². The van der Waals surface area contributed by atoms with E-state index in [9.17, 15) is 9.50 Å². The summed E-state index contributed by atoms with van der Waals surface area (Å²) in [5.41, 5.74) is 6.48. The van der Waals surface area contributed by atoms with Crippen molar-refractivity contribution >= 4 is 11.3 Å². The number of nitrogens with zero attached hydrogens (tertiary/aromatic N) is 3. The molecule has 37 heavy (non-hydrogen) atoms. The first-order valence-electron chi connectivity index (χ1n) is 12.1. The fourth-order valence-electron chi connectivity index (χ4n) is 5.49. The summed E-state index contributed by atoms with van der Waals surface area (Å²) < 4.78 is 48.6. The van der Waals surface area contributed by atoms with Gasteiger partial charge < -0.3 is 25.1 Å². The average molecular weight is 509 g/mol. The summed E-state index contributed by atoms with van der Waals surface area (Å²) in [6, 6.07) is 8.76. The molecule has 0 atom stereocenters. The Morgan fingerprint density at radius 1 is 1.14 bits per heavy atom. The Morgan fingerprint density at radius 3 is 2.59 bits per heavy atom. The van der Waals surface area contributed by atoms with E-state index in [4.69, 9.17) is 24.9 Å². The fourth-order valence-corrected chi connectivity index (χ4v) is 5.49. The lowest BCUT2D eigenvalue weighted by Crippen LogP contribution is -2.55. The van der Waals surface area contributed by atoms with Gasteiger partial charge in [0.05, 0.1) is 31.3 Å². The van der Waals surface area contributed by atoms with Crippen LogP contribution >= 0.6 is 0 Å². The Balaban J connectivity index is 1.40. The van der Waals surface area contributed by atoms with Crippen molar-refractivity contribution in [2.24, 2.45) is 0 Å². The lowest BCUT2D eigenvalue weighted by molar-refractivity contribution is -0.177. The van der Waals surface area contributed by atoms with Crippen LogP contribution in [0.3, 0.4) is 0 Å². The van der Waals surface area contributed by atoms with Gasteiger partial charge in [-0.1, -0.05) is 6.07 Å². The zero-order chi connectivity index (χ0) is 25.8. The molecule has 3 N–H and O–H groups in total. The molecule has 0 unspecified atom stereocenters. The van der Waals surface area contributed by atoms with Gasteiger partial charge in [0.1, 0.15) is 34.4 Å². The fraction of sp³-hybridized carbons (Fsp3) is 0.333. The molecule has 0 amide bonds. The number of imidazole rings is 1. The number of anilines is 1. The van der Waals surface area contributed by atoms with Crippen LogP contribution in [-0.2, 0) is 10.2 Å². The molecule has 3 aliphatic rings. The average Bonchev–Trinajstić information content (AvgIpc) is 3.32. The van der Waals surface area contributed by atoms with Gasteiger partial charge in [-0.2, -0.15) is 4.39 Å². The first-order valence-corrected chi connectivity index (χ1v) is 12.1. The summed E-state index contributed by atoms with van der Waals surface area (Å²) in [4.78, 5) is 9.13. The highest BCUT2D eigenvalue weighted by Gasteiger charge is 2.52. The minimum absolute atomic E-state index is 0.00712. The van der Waals surface area contributed by atoms with Crippen LogP contribution in [0.15, 0.2) is 48.8 Å². The van der Waals surface area contributed by atoms with Crippen molar-refractivity contribution in [1.82, 2.24) is 14.4 Å². The number of hydrogen-bond donors (Lipinski definition) is 2. The molecular formula is C27H26F2N4O4. The molecule has 1 saturated carbocycles. The largest absolute Gasteiger partial charge is 0.494 e. The summed E-state index contributed by atoms with van der Waals surface area (Å²) in [5.74, 6) is -0.253. The highest BCUT2D eigenvalue weighted by molar-refractivity contribution is 5.86. The lowest BCUT2D eigenvalue weighted by atomic mass is 9.66. The SMILES string of the molecule is COc1cccc(Oc2ccc(-c3nc(C45CCC(CO)(CC4)OC5)n4ccnc(N)c34)c(F)c2)c1F. The van der Waals surface area contributed by atoms with E-state index in [0.717, 1.165) is 31.5 Å². The Hall–Kier alpha value is -3.76. The number of aromatic nitrogens is 3. The minimum Gasteiger partial charge on any atom is -0.494 e. The van der Waals surface area contributed by atoms with Crippen molar-refractivity contribution in [2.75, 3.05) is 26.1 Å². The van der Waals surface area contributed by atoms with Gasteiger partial charge in [0.2, 0.25) is 5.82 Å². The van der Waals surface area contributed by atoms with Gasteiger partial charge in [0.25, 0.3) is 0 Å². The molecule has 2 saturated heterocycles. The molecule has 2 aliphatic heterocycles. The zero-order valence-corrected chi connectivity index (χ0v) is 20.2. The van der Waals surface area contributed by atoms with E-state index in [1.54, 1.807) is 24.5 Å². The van der Waals surface area contributed by atoms with E-state index >= 15 is 4.39 Å². The van der Waals surface area contributed by atoms with E-state index in [1.807, 2.05) is 4.40 Å². The molecule has 0 radical (unpaired) electrons. The number of fused-ring (bicyclic) bond motifs is 4. The quantitative estimate of drug-likeness (QED) is 0.391. The third kappa shape index (κ3) is 3.70. The van der Waals surface area contributed by atoms with Gasteiger partial charge in [0.15, 0.2) is 11.5 Å². The van der Waals surface area contributed by atoms with Gasteiger partial charge in [-0.05, 0) is 49.9 Å². The normalized spacial score (nSPS) is 22.9. The summed E-state index contributed by atoms with van der Waals surface area (Å²) in [6.07, 6.45) is 6.38. The van der Waals surface area contributed by atoms with Crippen LogP contribution in [0.4, 0.5) is 14.6 Å². The van der Waals surface area contributed by atoms with E-state index in [-0.39, 0.29) is 40.7 Å². The molecule has 192 valence electrons. The second-order valence-electron chi connectivity index (χ2n) is 9.74. The number of aliphatic hydroxyl groups is 1. The van der Waals surface area contributed by atoms with Crippen LogP contribution in [0.2, 0.25) is 0 Å². The van der Waals surface area contributed by atoms with Crippen LogP contribution in [-0.4, -0.2) is 45.4 Å². The molecule has 8 nitrogen and oxygen atoms in total. The highest BCUT2D eigenvalue weighted by atomic mass is 19.1. The van der Waals surface area contributed by atoms with Gasteiger partial charge in [0, 0.05) is 24.0 Å². The molecule has 3 fully saturated rings. The monoisotopic (exact) mass is 508 g/mol. The van der Waals surface area contributed by atoms with Crippen molar-refractivity contribution in [3.05, 3.63) is 66.3 Å². The third-order valence-electron chi connectivity index (χ3n) is 7.69. The Morgan fingerprint density at radius 2 is 1.92 bits per heavy atom. The number of rotatable bonds is 6. The van der Waals surface area contributed by atoms with Crippen molar-refractivity contribution < 1.29 is 28.1 Å². The predicted molar refractivity (Wildman–Crippen MR) is 132 cm³/mol. The standard InChI is InChI=1S/C27H26F2N4O4/c1-35-19-3-2-4-20(21(19)29)37-16-5-6-17(18(28)13-16)22-23-24(30)31-11-12-33(23)25(32-22)26-7-9-27(14-34,10-8-26)36-15-26/h2-6,11-13,34H,7-10,14-15H2,1H3,(H2,30,31). The number of methoxy groups -OCH3 is 1. The highest BCUT2D eigenvalue weighted by Crippen LogP contribution is 2.50. The number of nitrogens with two attached hydrogens (primary N) is 1. The first kappa shape index (κ1) is 23.6. The third-order valence-corrected chi connectivity index (χ3v) is 7.69. The van der Waals surface area contributed by atoms with Gasteiger partial charge in [-0.15, -0.1) is 0 Å². The summed E-state index contributed by atoms with van der Waals surface area (Å²) in [5, 5.41) is 9.82. The number of nitrogen functional groups attached to an aromatic ring is 1. The van der Waals surface area contributed by atoms with Crippen LogP contribution in [0, 0.1) is 11.6 Å². The smallest absolute Gasteiger partial charge is 0.207 e. The number of aliphatic hydroxyl groups excluding tert-OH is 1. The first-order chi connectivity index (χ1) is 17.9. The van der Waals surface area contributed by atoms with E-state index in [1.165, 1.54) is 31.4 Å². The van der Waals surface area contributed by atoms with Gasteiger partial charge in [-0.25, -0.2) is 14.4 Å². The summed E-state index contributed by atoms with van der Waals surface area (Å²) in [6.45, 7) is 0.405. The second kappa shape index (κ2) is 8.67. The maximum Gasteiger partial charge on any atom is 0.207 e. The second-order valence-corrected chi connectivity index (χ2v) is 9.74. The van der Waals surface area contributed by atoms with Crippen molar-refractivity contribution in [2.45, 2.75) is 36.7 Å². The summed E-state index contributed by atoms with van der Waals surface area (Å²) >= 11 is 0. The maximum absolute atomic E-state index is 15.5. The molecule has 7 rings (SSSR count). The summed E-state index contributed by atoms with van der Waals surface area (Å²) in [7, 11) is 1.36. The predicted octanol–water partition coefficient (Wildman–Crippen LogP) is 4.63. The molecule has 10 heteroatoms. The number of benzene rings is 2. The molecule has 0 spiro atoms. The molecular weight excluding hydrogens is 482 g/mol. The van der Waals surface area contributed by atoms with Crippen LogP contribution in [0.25, 0.3) is 16.8 Å². The molecule has 4 heterocycles. The van der Waals surface area contributed by atoms with Crippen molar-refractivity contribution in [1.29, 1.82) is 0 Å². The maximum atomic E-state index is 15.5. The number of hydrogen-bond acceptors (Lipinski definition) is 7. The van der Waals surface area contributed by atoms with Crippen LogP contribution in [0.5, 0.6) is 17.2 Å². The van der Waals surface area contributed by atoms with Crippen molar-refractivity contribution in [3.63, 3.8) is 0 Å². The molecule has 2 aromatic heterocycles. The number of halogens is 2. The van der Waals surface area contributed by atoms with E-state index in [0.29, 0.717) is 17.8 Å². The molecule has 2 bridgehead atoms. The Bertz CT molecular complexity index is 1480.